The van der Waals surface area contributed by atoms with Crippen LogP contribution in [0.5, 0.6) is 0 Å². The van der Waals surface area contributed by atoms with Crippen molar-refractivity contribution in [3.05, 3.63) is 56.8 Å². The molecule has 6 heteroatoms. The number of nitrogens with zero attached hydrogens (tertiary/aromatic N) is 1. The van der Waals surface area contributed by atoms with Crippen LogP contribution in [0.1, 0.15) is 11.3 Å². The van der Waals surface area contributed by atoms with Crippen LogP contribution in [0.2, 0.25) is 0 Å². The first-order chi connectivity index (χ1) is 10.6. The first kappa shape index (κ1) is 14.6. The molecule has 2 heterocycles. The fourth-order valence-electron chi connectivity index (χ4n) is 2.41. The predicted octanol–water partition coefficient (Wildman–Crippen LogP) is 2.49. The van der Waals surface area contributed by atoms with Crippen molar-refractivity contribution in [2.24, 2.45) is 0 Å². The molecule has 5 nitrogen and oxygen atoms in total. The van der Waals surface area contributed by atoms with E-state index in [1.165, 1.54) is 0 Å². The first-order valence-electron chi connectivity index (χ1n) is 7.00. The van der Waals surface area contributed by atoms with Gasteiger partial charge in [0.25, 0.3) is 0 Å². The molecule has 22 heavy (non-hydrogen) atoms. The summed E-state index contributed by atoms with van der Waals surface area (Å²) >= 11 is 1.16. The molecule has 0 saturated heterocycles. The van der Waals surface area contributed by atoms with Gasteiger partial charge in [0.15, 0.2) is 0 Å². The highest BCUT2D eigenvalue weighted by Crippen LogP contribution is 2.18. The Labute approximate surface area is 131 Å². The minimum absolute atomic E-state index is 0.0230. The fourth-order valence-corrected chi connectivity index (χ4v) is 3.17. The minimum Gasteiger partial charge on any atom is -0.464 e. The largest absolute Gasteiger partial charge is 0.464 e. The summed E-state index contributed by atoms with van der Waals surface area (Å²) in [4.78, 5) is 26.6. The topological polar surface area (TPSA) is 64.1 Å². The number of esters is 1. The van der Waals surface area contributed by atoms with Gasteiger partial charge in [0.05, 0.1) is 13.0 Å². The number of para-hydroxylation sites is 1. The number of carbonyl (C=O) groups excluding carboxylic acids is 1. The van der Waals surface area contributed by atoms with E-state index in [-0.39, 0.29) is 23.9 Å². The van der Waals surface area contributed by atoms with Gasteiger partial charge in [0, 0.05) is 28.2 Å². The van der Waals surface area contributed by atoms with Crippen LogP contribution in [-0.4, -0.2) is 22.1 Å². The zero-order chi connectivity index (χ0) is 15.5. The lowest BCUT2D eigenvalue weighted by Gasteiger charge is -2.06. The van der Waals surface area contributed by atoms with Gasteiger partial charge in [-0.25, -0.2) is 0 Å². The zero-order valence-electron chi connectivity index (χ0n) is 12.2. The van der Waals surface area contributed by atoms with Gasteiger partial charge in [-0.2, -0.15) is 0 Å². The van der Waals surface area contributed by atoms with Gasteiger partial charge in [-0.1, -0.05) is 29.5 Å². The average molecular weight is 316 g/mol. The summed E-state index contributed by atoms with van der Waals surface area (Å²) in [7, 11) is 0. The van der Waals surface area contributed by atoms with E-state index in [2.05, 4.69) is 4.98 Å². The number of rotatable bonds is 5. The summed E-state index contributed by atoms with van der Waals surface area (Å²) in [5, 5.41) is 2.83. The van der Waals surface area contributed by atoms with Crippen molar-refractivity contribution in [2.45, 2.75) is 19.9 Å². The van der Waals surface area contributed by atoms with E-state index in [9.17, 15) is 9.59 Å². The van der Waals surface area contributed by atoms with Crippen LogP contribution >= 0.6 is 11.3 Å². The van der Waals surface area contributed by atoms with E-state index in [0.717, 1.165) is 33.5 Å². The van der Waals surface area contributed by atoms with Crippen molar-refractivity contribution in [3.63, 3.8) is 0 Å². The molecular formula is C16H16N2O3S. The van der Waals surface area contributed by atoms with Gasteiger partial charge in [-0.15, -0.1) is 0 Å². The molecule has 0 spiro atoms. The van der Waals surface area contributed by atoms with Crippen LogP contribution in [0.15, 0.2) is 40.6 Å². The number of nitrogens with one attached hydrogen (secondary N) is 1. The van der Waals surface area contributed by atoms with E-state index in [1.54, 1.807) is 9.95 Å². The number of benzene rings is 1. The van der Waals surface area contributed by atoms with Gasteiger partial charge in [-0.05, 0) is 18.6 Å². The van der Waals surface area contributed by atoms with Gasteiger partial charge in [-0.3, -0.25) is 14.2 Å². The Kier molecular flexibility index (Phi) is 4.11. The number of aromatic amines is 1. The van der Waals surface area contributed by atoms with E-state index >= 15 is 0 Å². The van der Waals surface area contributed by atoms with Crippen molar-refractivity contribution < 1.29 is 9.53 Å². The highest BCUT2D eigenvalue weighted by atomic mass is 32.1. The van der Waals surface area contributed by atoms with E-state index in [1.807, 2.05) is 37.4 Å². The standard InChI is InChI=1S/C16H16N2O3S/c1-11-10-22-16(20)18(11)6-7-21-15(19)8-12-9-17-14-5-3-2-4-13(12)14/h2-5,9-10,17H,6-8H2,1H3. The number of H-pyrrole nitrogens is 1. The van der Waals surface area contributed by atoms with Crippen molar-refractivity contribution in [2.75, 3.05) is 6.61 Å². The second-order valence-corrected chi connectivity index (χ2v) is 5.87. The monoisotopic (exact) mass is 316 g/mol. The van der Waals surface area contributed by atoms with Crippen molar-refractivity contribution >= 4 is 28.2 Å². The van der Waals surface area contributed by atoms with Gasteiger partial charge < -0.3 is 9.72 Å². The summed E-state index contributed by atoms with van der Waals surface area (Å²) in [6, 6.07) is 7.83. The molecule has 3 aromatic rings. The number of aryl methyl sites for hydroxylation is 1. The second-order valence-electron chi connectivity index (χ2n) is 5.05. The van der Waals surface area contributed by atoms with Gasteiger partial charge in [0.1, 0.15) is 6.61 Å². The Hall–Kier alpha value is -2.34. The molecule has 0 radical (unpaired) electrons. The molecule has 0 aliphatic rings. The van der Waals surface area contributed by atoms with E-state index in [0.29, 0.717) is 6.54 Å². The summed E-state index contributed by atoms with van der Waals surface area (Å²) in [5.41, 5.74) is 2.82. The molecule has 0 fully saturated rings. The van der Waals surface area contributed by atoms with Crippen LogP contribution in [-0.2, 0) is 22.5 Å². The number of fused-ring (bicyclic) bond motifs is 1. The molecule has 0 saturated carbocycles. The predicted molar refractivity (Wildman–Crippen MR) is 86.3 cm³/mol. The zero-order valence-corrected chi connectivity index (χ0v) is 13.0. The number of carbonyl (C=O) groups is 1. The SMILES string of the molecule is Cc1csc(=O)n1CCOC(=O)Cc1c[nH]c2ccccc12. The van der Waals surface area contributed by atoms with Gasteiger partial charge >= 0.3 is 10.8 Å². The molecule has 114 valence electrons. The maximum Gasteiger partial charge on any atom is 0.310 e. The van der Waals surface area contributed by atoms with Crippen molar-refractivity contribution in [3.8, 4) is 0 Å². The van der Waals surface area contributed by atoms with Crippen LogP contribution in [0, 0.1) is 6.92 Å². The molecule has 0 bridgehead atoms. The summed E-state index contributed by atoms with van der Waals surface area (Å²) in [5.74, 6) is -0.286. The quantitative estimate of drug-likeness (QED) is 0.736. The molecule has 3 rings (SSSR count). The number of hydrogen-bond acceptors (Lipinski definition) is 4. The van der Waals surface area contributed by atoms with Crippen LogP contribution < -0.4 is 4.87 Å². The average Bonchev–Trinajstić information content (AvgIpc) is 3.05. The van der Waals surface area contributed by atoms with Crippen LogP contribution in [0.25, 0.3) is 10.9 Å². The molecule has 0 aliphatic heterocycles. The molecule has 1 N–H and O–H groups in total. The molecule has 2 aromatic heterocycles. The molecule has 0 unspecified atom stereocenters. The lowest BCUT2D eigenvalue weighted by Crippen LogP contribution is -2.20. The van der Waals surface area contributed by atoms with Crippen LogP contribution in [0.3, 0.4) is 0 Å². The fraction of sp³-hybridized carbons (Fsp3) is 0.250. The lowest BCUT2D eigenvalue weighted by atomic mass is 10.1. The molecular weight excluding hydrogens is 300 g/mol. The van der Waals surface area contributed by atoms with Crippen molar-refractivity contribution in [1.29, 1.82) is 0 Å². The minimum atomic E-state index is -0.286. The normalized spacial score (nSPS) is 11.0. The molecule has 1 aromatic carbocycles. The molecule has 0 amide bonds. The van der Waals surface area contributed by atoms with E-state index < -0.39 is 0 Å². The highest BCUT2D eigenvalue weighted by Gasteiger charge is 2.10. The molecule has 0 atom stereocenters. The summed E-state index contributed by atoms with van der Waals surface area (Å²) in [6.07, 6.45) is 2.06. The summed E-state index contributed by atoms with van der Waals surface area (Å²) < 4.78 is 6.85. The Morgan fingerprint density at radius 2 is 2.18 bits per heavy atom. The molecule has 0 aliphatic carbocycles. The number of aromatic nitrogens is 2. The van der Waals surface area contributed by atoms with Gasteiger partial charge in [0.2, 0.25) is 0 Å². The Balaban J connectivity index is 1.58. The first-order valence-corrected chi connectivity index (χ1v) is 7.88. The van der Waals surface area contributed by atoms with Crippen molar-refractivity contribution in [1.82, 2.24) is 9.55 Å². The Morgan fingerprint density at radius 3 is 2.95 bits per heavy atom. The third-order valence-corrected chi connectivity index (χ3v) is 4.45. The highest BCUT2D eigenvalue weighted by molar-refractivity contribution is 7.07. The Morgan fingerprint density at radius 1 is 1.36 bits per heavy atom. The summed E-state index contributed by atoms with van der Waals surface area (Å²) in [6.45, 7) is 2.47. The number of thiazole rings is 1. The maximum atomic E-state index is 11.9. The lowest BCUT2D eigenvalue weighted by molar-refractivity contribution is -0.143. The van der Waals surface area contributed by atoms with Crippen LogP contribution in [0.4, 0.5) is 0 Å². The third kappa shape index (κ3) is 2.96. The second kappa shape index (κ2) is 6.19. The smallest absolute Gasteiger partial charge is 0.310 e. The van der Waals surface area contributed by atoms with E-state index in [4.69, 9.17) is 4.74 Å². The third-order valence-electron chi connectivity index (χ3n) is 3.56. The maximum absolute atomic E-state index is 11.9. The number of ether oxygens (including phenoxy) is 1. The Bertz CT molecular complexity index is 860. The number of hydrogen-bond donors (Lipinski definition) is 1.